The first-order chi connectivity index (χ1) is 12.8. The average Bonchev–Trinajstić information content (AvgIpc) is 2.62. The molecule has 0 aliphatic carbocycles. The number of nitrogens with zero attached hydrogens (tertiary/aromatic N) is 2. The number of benzene rings is 2. The van der Waals surface area contributed by atoms with Crippen molar-refractivity contribution >= 4 is 29.1 Å². The van der Waals surface area contributed by atoms with E-state index in [-0.39, 0.29) is 5.75 Å². The second kappa shape index (κ2) is 7.71. The predicted molar refractivity (Wildman–Crippen MR) is 98.4 cm³/mol. The quantitative estimate of drug-likeness (QED) is 0.600. The summed E-state index contributed by atoms with van der Waals surface area (Å²) < 4.78 is 41.3. The van der Waals surface area contributed by atoms with Gasteiger partial charge in [-0.2, -0.15) is 4.98 Å². The zero-order valence-corrected chi connectivity index (χ0v) is 14.8. The maximum atomic E-state index is 12.5. The third-order valence-corrected chi connectivity index (χ3v) is 3.68. The summed E-state index contributed by atoms with van der Waals surface area (Å²) in [4.78, 5) is 8.59. The first-order valence-corrected chi connectivity index (χ1v) is 8.16. The van der Waals surface area contributed by atoms with Crippen molar-refractivity contribution in [3.05, 3.63) is 59.6 Å². The lowest BCUT2D eigenvalue weighted by molar-refractivity contribution is -0.274. The minimum absolute atomic E-state index is 0.311. The Morgan fingerprint density at radius 1 is 1.00 bits per heavy atom. The molecule has 1 heterocycles. The van der Waals surface area contributed by atoms with E-state index in [0.717, 1.165) is 5.69 Å². The smallest absolute Gasteiger partial charge is 0.406 e. The van der Waals surface area contributed by atoms with E-state index in [9.17, 15) is 13.2 Å². The van der Waals surface area contributed by atoms with Crippen LogP contribution in [0.3, 0.4) is 0 Å². The number of alkyl halides is 3. The minimum atomic E-state index is -4.76. The molecular weight excluding hydrogens is 381 g/mol. The lowest BCUT2D eigenvalue weighted by atomic mass is 10.1. The Balaban J connectivity index is 1.93. The van der Waals surface area contributed by atoms with Gasteiger partial charge in [0.25, 0.3) is 0 Å². The van der Waals surface area contributed by atoms with Gasteiger partial charge in [0.15, 0.2) is 0 Å². The lowest BCUT2D eigenvalue weighted by Gasteiger charge is -2.12. The molecule has 0 radical (unpaired) electrons. The van der Waals surface area contributed by atoms with E-state index < -0.39 is 6.36 Å². The molecule has 0 fully saturated rings. The van der Waals surface area contributed by atoms with Crippen LogP contribution < -0.4 is 15.4 Å². The molecule has 2 aromatic carbocycles. The Hall–Kier alpha value is -3.00. The van der Waals surface area contributed by atoms with E-state index in [2.05, 4.69) is 25.3 Å². The number of aromatic nitrogens is 2. The van der Waals surface area contributed by atoms with Crippen molar-refractivity contribution in [2.24, 2.45) is 0 Å². The Labute approximate surface area is 158 Å². The van der Waals surface area contributed by atoms with Gasteiger partial charge in [-0.05, 0) is 36.4 Å². The van der Waals surface area contributed by atoms with Crippen molar-refractivity contribution in [3.8, 4) is 17.0 Å². The predicted octanol–water partition coefficient (Wildman–Crippen LogP) is 5.48. The second-order valence-electron chi connectivity index (χ2n) is 5.42. The zero-order valence-electron chi connectivity index (χ0n) is 14.0. The van der Waals surface area contributed by atoms with Crippen LogP contribution in [0.5, 0.6) is 5.75 Å². The van der Waals surface area contributed by atoms with Gasteiger partial charge in [0.2, 0.25) is 5.95 Å². The largest absolute Gasteiger partial charge is 0.573 e. The highest BCUT2D eigenvalue weighted by atomic mass is 35.5. The van der Waals surface area contributed by atoms with Crippen LogP contribution in [0.2, 0.25) is 5.02 Å². The standard InChI is InChI=1S/C18H14ClF3N4O/c1-23-17-25-15(11-3-2-4-14(9-11)27-18(20,21)22)10-16(26-17)24-13-7-5-12(19)6-8-13/h2-10H,1H3,(H2,23,24,25,26). The first kappa shape index (κ1) is 18.8. The van der Waals surface area contributed by atoms with Crippen molar-refractivity contribution in [3.63, 3.8) is 0 Å². The van der Waals surface area contributed by atoms with E-state index >= 15 is 0 Å². The molecule has 3 aromatic rings. The maximum absolute atomic E-state index is 12.5. The summed E-state index contributed by atoms with van der Waals surface area (Å²) >= 11 is 5.87. The van der Waals surface area contributed by atoms with E-state index in [1.54, 1.807) is 43.4 Å². The Morgan fingerprint density at radius 2 is 1.74 bits per heavy atom. The molecular formula is C18H14ClF3N4O. The fraction of sp³-hybridized carbons (Fsp3) is 0.111. The highest BCUT2D eigenvalue weighted by molar-refractivity contribution is 6.30. The summed E-state index contributed by atoms with van der Waals surface area (Å²) in [6.45, 7) is 0. The van der Waals surface area contributed by atoms with Crippen LogP contribution in [0, 0.1) is 0 Å². The van der Waals surface area contributed by atoms with E-state index in [0.29, 0.717) is 28.0 Å². The third kappa shape index (κ3) is 5.24. The molecule has 0 unspecified atom stereocenters. The van der Waals surface area contributed by atoms with E-state index in [4.69, 9.17) is 11.6 Å². The molecule has 0 spiro atoms. The number of rotatable bonds is 5. The summed E-state index contributed by atoms with van der Waals surface area (Å²) in [5.74, 6) is 0.455. The minimum Gasteiger partial charge on any atom is -0.406 e. The molecule has 2 N–H and O–H groups in total. The van der Waals surface area contributed by atoms with Crippen molar-refractivity contribution in [1.29, 1.82) is 0 Å². The number of hydrogen-bond donors (Lipinski definition) is 2. The SMILES string of the molecule is CNc1nc(Nc2ccc(Cl)cc2)cc(-c2cccc(OC(F)(F)F)c2)n1. The Kier molecular flexibility index (Phi) is 5.36. The third-order valence-electron chi connectivity index (χ3n) is 3.43. The summed E-state index contributed by atoms with van der Waals surface area (Å²) in [6, 6.07) is 14.2. The van der Waals surface area contributed by atoms with Crippen LogP contribution in [0.4, 0.5) is 30.6 Å². The van der Waals surface area contributed by atoms with E-state index in [1.807, 2.05) is 0 Å². The van der Waals surface area contributed by atoms with Gasteiger partial charge in [0.05, 0.1) is 5.69 Å². The van der Waals surface area contributed by atoms with Crippen molar-refractivity contribution in [1.82, 2.24) is 9.97 Å². The highest BCUT2D eigenvalue weighted by Gasteiger charge is 2.31. The Bertz CT molecular complexity index is 933. The number of nitrogens with one attached hydrogen (secondary N) is 2. The lowest BCUT2D eigenvalue weighted by Crippen LogP contribution is -2.17. The zero-order chi connectivity index (χ0) is 19.4. The average molecular weight is 395 g/mol. The molecule has 0 amide bonds. The molecule has 5 nitrogen and oxygen atoms in total. The molecule has 0 aliphatic rings. The summed E-state index contributed by atoms with van der Waals surface area (Å²) in [5, 5.41) is 6.54. The van der Waals surface area contributed by atoms with Crippen LogP contribution in [-0.2, 0) is 0 Å². The molecule has 1 aromatic heterocycles. The van der Waals surface area contributed by atoms with Crippen molar-refractivity contribution in [2.75, 3.05) is 17.7 Å². The van der Waals surface area contributed by atoms with Gasteiger partial charge in [0.1, 0.15) is 11.6 Å². The molecule has 0 bridgehead atoms. The fourth-order valence-corrected chi connectivity index (χ4v) is 2.43. The van der Waals surface area contributed by atoms with E-state index in [1.165, 1.54) is 18.2 Å². The Morgan fingerprint density at radius 3 is 2.41 bits per heavy atom. The summed E-state index contributed by atoms with van der Waals surface area (Å²) in [5.41, 5.74) is 1.63. The van der Waals surface area contributed by atoms with Crippen LogP contribution in [0.1, 0.15) is 0 Å². The number of ether oxygens (including phenoxy) is 1. The van der Waals surface area contributed by atoms with Gasteiger partial charge in [-0.15, -0.1) is 13.2 Å². The van der Waals surface area contributed by atoms with Crippen molar-refractivity contribution < 1.29 is 17.9 Å². The van der Waals surface area contributed by atoms with Crippen LogP contribution in [0.15, 0.2) is 54.6 Å². The highest BCUT2D eigenvalue weighted by Crippen LogP contribution is 2.29. The van der Waals surface area contributed by atoms with Gasteiger partial charge in [-0.3, -0.25) is 0 Å². The van der Waals surface area contributed by atoms with Crippen LogP contribution in [0.25, 0.3) is 11.3 Å². The molecule has 3 rings (SSSR count). The van der Waals surface area contributed by atoms with Crippen LogP contribution >= 0.6 is 11.6 Å². The monoisotopic (exact) mass is 394 g/mol. The van der Waals surface area contributed by atoms with Crippen molar-refractivity contribution in [2.45, 2.75) is 6.36 Å². The van der Waals surface area contributed by atoms with Crippen LogP contribution in [-0.4, -0.2) is 23.4 Å². The first-order valence-electron chi connectivity index (χ1n) is 7.78. The molecule has 0 saturated heterocycles. The maximum Gasteiger partial charge on any atom is 0.573 e. The number of hydrogen-bond acceptors (Lipinski definition) is 5. The summed E-state index contributed by atoms with van der Waals surface area (Å²) in [7, 11) is 1.65. The molecule has 9 heteroatoms. The number of anilines is 3. The van der Waals surface area contributed by atoms with Gasteiger partial charge >= 0.3 is 6.36 Å². The van der Waals surface area contributed by atoms with Gasteiger partial charge in [0, 0.05) is 29.4 Å². The number of halogens is 4. The van der Waals surface area contributed by atoms with Gasteiger partial charge in [-0.1, -0.05) is 23.7 Å². The normalized spacial score (nSPS) is 11.1. The van der Waals surface area contributed by atoms with Gasteiger partial charge in [-0.25, -0.2) is 4.98 Å². The molecule has 27 heavy (non-hydrogen) atoms. The summed E-state index contributed by atoms with van der Waals surface area (Å²) in [6.07, 6.45) is -4.76. The fourth-order valence-electron chi connectivity index (χ4n) is 2.30. The second-order valence-corrected chi connectivity index (χ2v) is 5.86. The topological polar surface area (TPSA) is 59.1 Å². The molecule has 0 atom stereocenters. The molecule has 0 saturated carbocycles. The molecule has 0 aliphatic heterocycles. The molecule has 140 valence electrons. The van der Waals surface area contributed by atoms with Gasteiger partial charge < -0.3 is 15.4 Å².